The maximum Gasteiger partial charge on any atom is 0.118 e. The van der Waals surface area contributed by atoms with Crippen molar-refractivity contribution in [1.29, 1.82) is 0 Å². The van der Waals surface area contributed by atoms with Crippen molar-refractivity contribution in [3.8, 4) is 0 Å². The molecule has 0 aliphatic carbocycles. The average molecular weight is 159 g/mol. The Hall–Kier alpha value is -0.110. The fraction of sp³-hybridized carbons (Fsp3) is 1.00. The molecule has 1 saturated heterocycles. The molecule has 0 unspecified atom stereocenters. The van der Waals surface area contributed by atoms with Crippen LogP contribution in [0.4, 0.5) is 4.39 Å². The van der Waals surface area contributed by atoms with Crippen LogP contribution in [0.3, 0.4) is 0 Å². The highest BCUT2D eigenvalue weighted by molar-refractivity contribution is 4.94. The maximum absolute atomic E-state index is 14.0. The van der Waals surface area contributed by atoms with E-state index in [0.717, 1.165) is 13.1 Å². The molecular formula is C9H18FN. The van der Waals surface area contributed by atoms with E-state index in [1.807, 2.05) is 20.8 Å². The van der Waals surface area contributed by atoms with Crippen molar-refractivity contribution in [3.63, 3.8) is 0 Å². The SMILES string of the molecule is CC(C)(C)C1(F)CCNCC1. The van der Waals surface area contributed by atoms with Gasteiger partial charge in [0.25, 0.3) is 0 Å². The molecule has 1 aliphatic heterocycles. The van der Waals surface area contributed by atoms with Crippen LogP contribution in [-0.4, -0.2) is 18.8 Å². The fourth-order valence-corrected chi connectivity index (χ4v) is 1.57. The molecule has 0 amide bonds. The number of nitrogens with one attached hydrogen (secondary N) is 1. The minimum Gasteiger partial charge on any atom is -0.316 e. The first-order chi connectivity index (χ1) is 4.96. The van der Waals surface area contributed by atoms with E-state index in [2.05, 4.69) is 5.32 Å². The quantitative estimate of drug-likeness (QED) is 0.571. The molecule has 0 aromatic heterocycles. The predicted octanol–water partition coefficient (Wildman–Crippen LogP) is 2.12. The summed E-state index contributed by atoms with van der Waals surface area (Å²) < 4.78 is 14.0. The van der Waals surface area contributed by atoms with Crippen LogP contribution < -0.4 is 5.32 Å². The molecule has 0 aromatic rings. The lowest BCUT2D eigenvalue weighted by atomic mass is 9.73. The van der Waals surface area contributed by atoms with Gasteiger partial charge < -0.3 is 5.32 Å². The minimum absolute atomic E-state index is 0.199. The number of hydrogen-bond acceptors (Lipinski definition) is 1. The van der Waals surface area contributed by atoms with Gasteiger partial charge in [0.05, 0.1) is 0 Å². The molecule has 0 saturated carbocycles. The van der Waals surface area contributed by atoms with Gasteiger partial charge in [-0.3, -0.25) is 0 Å². The highest BCUT2D eigenvalue weighted by Gasteiger charge is 2.42. The van der Waals surface area contributed by atoms with E-state index < -0.39 is 5.67 Å². The van der Waals surface area contributed by atoms with Crippen molar-refractivity contribution in [1.82, 2.24) is 5.32 Å². The second-order valence-corrected chi connectivity index (χ2v) is 4.47. The second-order valence-electron chi connectivity index (χ2n) is 4.47. The Kier molecular flexibility index (Phi) is 2.24. The molecule has 66 valence electrons. The summed E-state index contributed by atoms with van der Waals surface area (Å²) in [6, 6.07) is 0. The van der Waals surface area contributed by atoms with E-state index in [4.69, 9.17) is 0 Å². The number of rotatable bonds is 0. The van der Waals surface area contributed by atoms with Crippen LogP contribution in [0.2, 0.25) is 0 Å². The zero-order chi connectivity index (χ0) is 8.54. The van der Waals surface area contributed by atoms with Gasteiger partial charge in [0.2, 0.25) is 0 Å². The standard InChI is InChI=1S/C9H18FN/c1-8(2,3)9(10)4-6-11-7-5-9/h11H,4-7H2,1-3H3. The summed E-state index contributed by atoms with van der Waals surface area (Å²) in [5.74, 6) is 0. The van der Waals surface area contributed by atoms with E-state index >= 15 is 0 Å². The largest absolute Gasteiger partial charge is 0.316 e. The summed E-state index contributed by atoms with van der Waals surface area (Å²) in [5, 5.41) is 3.17. The first-order valence-electron chi connectivity index (χ1n) is 4.35. The summed E-state index contributed by atoms with van der Waals surface area (Å²) >= 11 is 0. The van der Waals surface area contributed by atoms with Crippen molar-refractivity contribution in [2.24, 2.45) is 5.41 Å². The summed E-state index contributed by atoms with van der Waals surface area (Å²) in [5.41, 5.74) is -1.15. The van der Waals surface area contributed by atoms with Crippen molar-refractivity contribution < 1.29 is 4.39 Å². The molecule has 0 atom stereocenters. The lowest BCUT2D eigenvalue weighted by Gasteiger charge is -2.40. The van der Waals surface area contributed by atoms with Crippen LogP contribution in [0.5, 0.6) is 0 Å². The Bertz CT molecular complexity index is 131. The van der Waals surface area contributed by atoms with Gasteiger partial charge in [-0.15, -0.1) is 0 Å². The zero-order valence-corrected chi connectivity index (χ0v) is 7.71. The maximum atomic E-state index is 14.0. The molecule has 0 radical (unpaired) electrons. The molecule has 1 rings (SSSR count). The molecule has 0 aromatic carbocycles. The van der Waals surface area contributed by atoms with E-state index in [1.54, 1.807) is 0 Å². The molecule has 1 N–H and O–H groups in total. The third-order valence-electron chi connectivity index (χ3n) is 2.74. The highest BCUT2D eigenvalue weighted by Crippen LogP contribution is 2.40. The van der Waals surface area contributed by atoms with Gasteiger partial charge in [0.15, 0.2) is 0 Å². The molecule has 1 heterocycles. The van der Waals surface area contributed by atoms with Gasteiger partial charge >= 0.3 is 0 Å². The molecule has 1 fully saturated rings. The molecule has 0 spiro atoms. The summed E-state index contributed by atoms with van der Waals surface area (Å²) in [7, 11) is 0. The molecule has 1 aliphatic rings. The van der Waals surface area contributed by atoms with E-state index in [-0.39, 0.29) is 5.41 Å². The van der Waals surface area contributed by atoms with Crippen molar-refractivity contribution in [3.05, 3.63) is 0 Å². The highest BCUT2D eigenvalue weighted by atomic mass is 19.1. The zero-order valence-electron chi connectivity index (χ0n) is 7.71. The third kappa shape index (κ3) is 1.73. The summed E-state index contributed by atoms with van der Waals surface area (Å²) in [4.78, 5) is 0. The van der Waals surface area contributed by atoms with Crippen LogP contribution in [0.1, 0.15) is 33.6 Å². The Morgan fingerprint density at radius 1 is 1.18 bits per heavy atom. The van der Waals surface area contributed by atoms with Crippen LogP contribution in [0, 0.1) is 5.41 Å². The average Bonchev–Trinajstić information content (AvgIpc) is 1.87. The fourth-order valence-electron chi connectivity index (χ4n) is 1.57. The Morgan fingerprint density at radius 2 is 1.64 bits per heavy atom. The Morgan fingerprint density at radius 3 is 1.91 bits per heavy atom. The van der Waals surface area contributed by atoms with E-state index in [9.17, 15) is 4.39 Å². The molecule has 11 heavy (non-hydrogen) atoms. The van der Waals surface area contributed by atoms with Crippen molar-refractivity contribution in [2.45, 2.75) is 39.3 Å². The lowest BCUT2D eigenvalue weighted by molar-refractivity contribution is 0.000331. The summed E-state index contributed by atoms with van der Waals surface area (Å²) in [6.45, 7) is 7.61. The monoisotopic (exact) mass is 159 g/mol. The second kappa shape index (κ2) is 2.74. The van der Waals surface area contributed by atoms with E-state index in [1.165, 1.54) is 0 Å². The number of halogens is 1. The molecule has 2 heteroatoms. The number of alkyl halides is 1. The normalized spacial score (nSPS) is 25.1. The number of hydrogen-bond donors (Lipinski definition) is 1. The molecular weight excluding hydrogens is 141 g/mol. The van der Waals surface area contributed by atoms with Crippen molar-refractivity contribution >= 4 is 0 Å². The lowest BCUT2D eigenvalue weighted by Crippen LogP contribution is -2.47. The first kappa shape index (κ1) is 8.98. The first-order valence-corrected chi connectivity index (χ1v) is 4.35. The Balaban J connectivity index is 2.64. The van der Waals surface area contributed by atoms with E-state index in [0.29, 0.717) is 12.8 Å². The smallest absolute Gasteiger partial charge is 0.118 e. The van der Waals surface area contributed by atoms with Crippen LogP contribution >= 0.6 is 0 Å². The van der Waals surface area contributed by atoms with Crippen LogP contribution in [-0.2, 0) is 0 Å². The van der Waals surface area contributed by atoms with Gasteiger partial charge in [-0.2, -0.15) is 0 Å². The van der Waals surface area contributed by atoms with Gasteiger partial charge in [0.1, 0.15) is 5.67 Å². The predicted molar refractivity (Wildman–Crippen MR) is 45.4 cm³/mol. The van der Waals surface area contributed by atoms with Gasteiger partial charge in [-0.1, -0.05) is 20.8 Å². The topological polar surface area (TPSA) is 12.0 Å². The summed E-state index contributed by atoms with van der Waals surface area (Å²) in [6.07, 6.45) is 1.33. The van der Waals surface area contributed by atoms with Crippen molar-refractivity contribution in [2.75, 3.05) is 13.1 Å². The van der Waals surface area contributed by atoms with Crippen LogP contribution in [0.25, 0.3) is 0 Å². The molecule has 0 bridgehead atoms. The van der Waals surface area contributed by atoms with Gasteiger partial charge in [-0.05, 0) is 31.3 Å². The third-order valence-corrected chi connectivity index (χ3v) is 2.74. The number of piperidine rings is 1. The van der Waals surface area contributed by atoms with Gasteiger partial charge in [-0.25, -0.2) is 4.39 Å². The Labute approximate surface area is 68.4 Å². The van der Waals surface area contributed by atoms with Gasteiger partial charge in [0, 0.05) is 0 Å². The molecule has 1 nitrogen and oxygen atoms in total. The van der Waals surface area contributed by atoms with Crippen LogP contribution in [0.15, 0.2) is 0 Å². The minimum atomic E-state index is -0.946.